The van der Waals surface area contributed by atoms with Crippen molar-refractivity contribution in [3.63, 3.8) is 0 Å². The molecule has 0 aromatic rings. The van der Waals surface area contributed by atoms with E-state index in [-0.39, 0.29) is 0 Å². The number of aliphatic hydroxyl groups is 1. The maximum absolute atomic E-state index is 9.46. The average Bonchev–Trinajstić information content (AvgIpc) is 2.16. The van der Waals surface area contributed by atoms with Gasteiger partial charge in [0.1, 0.15) is 0 Å². The molecule has 0 saturated heterocycles. The first-order chi connectivity index (χ1) is 4.27. The van der Waals surface area contributed by atoms with Crippen LogP contribution in [0, 0.1) is 12.3 Å². The molecule has 0 amide bonds. The lowest BCUT2D eigenvalue weighted by Gasteiger charge is -2.15. The molecule has 0 bridgehead atoms. The van der Waals surface area contributed by atoms with Crippen LogP contribution in [0.3, 0.4) is 0 Å². The van der Waals surface area contributed by atoms with E-state index in [2.05, 4.69) is 5.92 Å². The lowest BCUT2D eigenvalue weighted by molar-refractivity contribution is 0.0966. The molecule has 1 atom stereocenters. The van der Waals surface area contributed by atoms with Gasteiger partial charge in [-0.05, 0) is 12.8 Å². The molecule has 48 valence electrons. The van der Waals surface area contributed by atoms with Crippen LogP contribution in [-0.2, 0) is 0 Å². The zero-order valence-electron chi connectivity index (χ0n) is 5.30. The summed E-state index contributed by atoms with van der Waals surface area (Å²) in [5.74, 6) is 2.45. The lowest BCUT2D eigenvalue weighted by Crippen LogP contribution is -2.21. The molecule has 0 aromatic heterocycles. The van der Waals surface area contributed by atoms with Crippen LogP contribution >= 0.6 is 0 Å². The summed E-state index contributed by atoms with van der Waals surface area (Å²) in [6.07, 6.45) is 11.0. The van der Waals surface area contributed by atoms with Crippen molar-refractivity contribution in [3.8, 4) is 12.3 Å². The van der Waals surface area contributed by atoms with Crippen molar-refractivity contribution in [1.82, 2.24) is 0 Å². The Morgan fingerprint density at radius 2 is 2.56 bits per heavy atom. The Morgan fingerprint density at radius 1 is 1.78 bits per heavy atom. The zero-order chi connectivity index (χ0) is 6.74. The maximum atomic E-state index is 9.46. The molecule has 0 spiro atoms. The molecule has 1 heteroatoms. The third kappa shape index (κ3) is 1.34. The van der Waals surface area contributed by atoms with Crippen molar-refractivity contribution in [3.05, 3.63) is 12.2 Å². The van der Waals surface area contributed by atoms with Crippen LogP contribution in [0.15, 0.2) is 12.2 Å². The number of terminal acetylenes is 1. The van der Waals surface area contributed by atoms with Crippen LogP contribution in [0.2, 0.25) is 0 Å². The van der Waals surface area contributed by atoms with E-state index in [1.807, 2.05) is 6.08 Å². The largest absolute Gasteiger partial charge is 0.385 e. The smallest absolute Gasteiger partial charge is 0.0939 e. The topological polar surface area (TPSA) is 20.2 Å². The summed E-state index contributed by atoms with van der Waals surface area (Å²) >= 11 is 0. The fraction of sp³-hybridized carbons (Fsp3) is 0.500. The molecule has 0 fully saturated rings. The van der Waals surface area contributed by atoms with E-state index in [0.29, 0.717) is 6.42 Å². The van der Waals surface area contributed by atoms with Crippen molar-refractivity contribution < 1.29 is 5.11 Å². The summed E-state index contributed by atoms with van der Waals surface area (Å²) in [7, 11) is 0. The molecule has 9 heavy (non-hydrogen) atoms. The van der Waals surface area contributed by atoms with Gasteiger partial charge >= 0.3 is 0 Å². The monoisotopic (exact) mass is 122 g/mol. The number of allylic oxidation sites excluding steroid dienone is 1. The van der Waals surface area contributed by atoms with Gasteiger partial charge in [0.2, 0.25) is 0 Å². The molecule has 0 unspecified atom stereocenters. The summed E-state index contributed by atoms with van der Waals surface area (Å²) < 4.78 is 0. The third-order valence-electron chi connectivity index (χ3n) is 1.58. The molecule has 1 nitrogen and oxygen atoms in total. The Balaban J connectivity index is 2.54. The fourth-order valence-corrected chi connectivity index (χ4v) is 1.04. The normalized spacial score (nSPS) is 32.4. The van der Waals surface area contributed by atoms with Gasteiger partial charge in [-0.1, -0.05) is 12.2 Å². The van der Waals surface area contributed by atoms with E-state index in [9.17, 15) is 5.11 Å². The second kappa shape index (κ2) is 2.24. The standard InChI is InChI=1S/C8H10O/c1-2-5-8(9)6-3-4-7-8/h1,3,6,9H,4-5,7H2/t8-/m0/s1. The first-order valence-corrected chi connectivity index (χ1v) is 3.10. The molecular weight excluding hydrogens is 112 g/mol. The summed E-state index contributed by atoms with van der Waals surface area (Å²) in [5, 5.41) is 9.46. The number of rotatable bonds is 1. The van der Waals surface area contributed by atoms with Gasteiger partial charge in [-0.15, -0.1) is 12.3 Å². The van der Waals surface area contributed by atoms with Crippen molar-refractivity contribution in [2.24, 2.45) is 0 Å². The van der Waals surface area contributed by atoms with E-state index in [1.165, 1.54) is 0 Å². The lowest BCUT2D eigenvalue weighted by atomic mass is 10.0. The van der Waals surface area contributed by atoms with Gasteiger partial charge in [0.15, 0.2) is 0 Å². The zero-order valence-corrected chi connectivity index (χ0v) is 5.30. The average molecular weight is 122 g/mol. The van der Waals surface area contributed by atoms with Crippen LogP contribution in [-0.4, -0.2) is 10.7 Å². The second-order valence-corrected chi connectivity index (χ2v) is 2.43. The molecule has 1 N–H and O–H groups in total. The van der Waals surface area contributed by atoms with Crippen LogP contribution < -0.4 is 0 Å². The maximum Gasteiger partial charge on any atom is 0.0939 e. The Hall–Kier alpha value is -0.740. The van der Waals surface area contributed by atoms with Gasteiger partial charge in [0, 0.05) is 6.42 Å². The van der Waals surface area contributed by atoms with Gasteiger partial charge in [-0.3, -0.25) is 0 Å². The van der Waals surface area contributed by atoms with E-state index < -0.39 is 5.60 Å². The van der Waals surface area contributed by atoms with Gasteiger partial charge < -0.3 is 5.11 Å². The highest BCUT2D eigenvalue weighted by molar-refractivity contribution is 5.12. The third-order valence-corrected chi connectivity index (χ3v) is 1.58. The number of hydrogen-bond donors (Lipinski definition) is 1. The summed E-state index contributed by atoms with van der Waals surface area (Å²) in [5.41, 5.74) is -0.672. The van der Waals surface area contributed by atoms with Crippen molar-refractivity contribution in [2.45, 2.75) is 24.9 Å². The SMILES string of the molecule is C#CC[C@]1(O)C=CCC1. The van der Waals surface area contributed by atoms with E-state index >= 15 is 0 Å². The molecule has 0 aromatic carbocycles. The van der Waals surface area contributed by atoms with Gasteiger partial charge in [-0.2, -0.15) is 0 Å². The molecule has 0 saturated carbocycles. The van der Waals surface area contributed by atoms with Crippen LogP contribution in [0.25, 0.3) is 0 Å². The van der Waals surface area contributed by atoms with Crippen LogP contribution in [0.4, 0.5) is 0 Å². The van der Waals surface area contributed by atoms with Gasteiger partial charge in [0.05, 0.1) is 5.60 Å². The Morgan fingerprint density at radius 3 is 3.00 bits per heavy atom. The molecule has 0 heterocycles. The molecule has 0 radical (unpaired) electrons. The first kappa shape index (κ1) is 6.38. The van der Waals surface area contributed by atoms with E-state index in [4.69, 9.17) is 6.42 Å². The van der Waals surface area contributed by atoms with Gasteiger partial charge in [-0.25, -0.2) is 0 Å². The van der Waals surface area contributed by atoms with Crippen molar-refractivity contribution >= 4 is 0 Å². The van der Waals surface area contributed by atoms with E-state index in [1.54, 1.807) is 6.08 Å². The Labute approximate surface area is 55.4 Å². The molecule has 0 aliphatic heterocycles. The summed E-state index contributed by atoms with van der Waals surface area (Å²) in [6, 6.07) is 0. The fourth-order valence-electron chi connectivity index (χ4n) is 1.04. The molecular formula is C8H10O. The highest BCUT2D eigenvalue weighted by atomic mass is 16.3. The Bertz CT molecular complexity index is 164. The summed E-state index contributed by atoms with van der Waals surface area (Å²) in [6.45, 7) is 0. The first-order valence-electron chi connectivity index (χ1n) is 3.10. The van der Waals surface area contributed by atoms with Gasteiger partial charge in [0.25, 0.3) is 0 Å². The predicted molar refractivity (Wildman–Crippen MR) is 36.8 cm³/mol. The highest BCUT2D eigenvalue weighted by Gasteiger charge is 2.24. The van der Waals surface area contributed by atoms with Crippen molar-refractivity contribution in [1.29, 1.82) is 0 Å². The minimum absolute atomic E-state index is 0.448. The second-order valence-electron chi connectivity index (χ2n) is 2.43. The van der Waals surface area contributed by atoms with E-state index in [0.717, 1.165) is 12.8 Å². The minimum atomic E-state index is -0.672. The van der Waals surface area contributed by atoms with Crippen LogP contribution in [0.1, 0.15) is 19.3 Å². The predicted octanol–water partition coefficient (Wildman–Crippen LogP) is 1.09. The number of hydrogen-bond acceptors (Lipinski definition) is 1. The molecule has 1 aliphatic carbocycles. The van der Waals surface area contributed by atoms with Crippen LogP contribution in [0.5, 0.6) is 0 Å². The highest BCUT2D eigenvalue weighted by Crippen LogP contribution is 2.24. The molecule has 1 aliphatic rings. The quantitative estimate of drug-likeness (QED) is 0.407. The van der Waals surface area contributed by atoms with Crippen molar-refractivity contribution in [2.75, 3.05) is 0 Å². The molecule has 1 rings (SSSR count). The Kier molecular flexibility index (Phi) is 1.59. The summed E-state index contributed by atoms with van der Waals surface area (Å²) in [4.78, 5) is 0. The minimum Gasteiger partial charge on any atom is -0.385 e.